The third-order valence-electron chi connectivity index (χ3n) is 1.19. The summed E-state index contributed by atoms with van der Waals surface area (Å²) < 4.78 is 8.68. The first kappa shape index (κ1) is 11.4. The van der Waals surface area contributed by atoms with Gasteiger partial charge < -0.3 is 9.47 Å². The first-order valence-electron chi connectivity index (χ1n) is 3.44. The lowest BCUT2D eigenvalue weighted by Crippen LogP contribution is -2.34. The molecule has 0 aromatic heterocycles. The van der Waals surface area contributed by atoms with E-state index in [1.807, 2.05) is 0 Å². The minimum atomic E-state index is -1.49. The number of hydrogen-bond donors (Lipinski definition) is 0. The molecule has 0 amide bonds. The molecule has 0 spiro atoms. The number of ether oxygens (including phenoxy) is 2. The van der Waals surface area contributed by atoms with Crippen LogP contribution in [-0.2, 0) is 23.9 Å². The van der Waals surface area contributed by atoms with Gasteiger partial charge in [0.15, 0.2) is 5.78 Å². The predicted octanol–water partition coefficient (Wildman–Crippen LogP) is -0.154. The lowest BCUT2D eigenvalue weighted by Gasteiger charge is -2.10. The van der Waals surface area contributed by atoms with Crippen LogP contribution in [0, 0.1) is 0 Å². The van der Waals surface area contributed by atoms with Crippen molar-refractivity contribution in [2.45, 2.75) is 13.0 Å². The Hall–Kier alpha value is -1.65. The smallest absolute Gasteiger partial charge is 0.355 e. The van der Waals surface area contributed by atoms with Crippen LogP contribution in [0.3, 0.4) is 0 Å². The Kier molecular flexibility index (Phi) is 4.43. The Morgan fingerprint density at radius 2 is 1.92 bits per heavy atom. The van der Waals surface area contributed by atoms with Crippen LogP contribution < -0.4 is 0 Å². The third kappa shape index (κ3) is 3.50. The number of ketones is 1. The van der Waals surface area contributed by atoms with Gasteiger partial charge in [0.05, 0.1) is 7.11 Å². The summed E-state index contributed by atoms with van der Waals surface area (Å²) in [4.78, 5) is 32.3. The highest BCUT2D eigenvalue weighted by Gasteiger charge is 2.27. The maximum Gasteiger partial charge on any atom is 0.355 e. The van der Waals surface area contributed by atoms with E-state index >= 15 is 0 Å². The lowest BCUT2D eigenvalue weighted by molar-refractivity contribution is -0.166. The highest BCUT2D eigenvalue weighted by molar-refractivity contribution is 6.02. The average Bonchev–Trinajstić information content (AvgIpc) is 2.11. The number of Topliss-reactive ketones (excluding diaryl/α,β-unsaturated/α-hetero) is 1. The highest BCUT2D eigenvalue weighted by atomic mass is 16.6. The van der Waals surface area contributed by atoms with Gasteiger partial charge in [-0.2, -0.15) is 0 Å². The van der Waals surface area contributed by atoms with Crippen molar-refractivity contribution in [2.24, 2.45) is 0 Å². The van der Waals surface area contributed by atoms with E-state index in [9.17, 15) is 14.4 Å². The van der Waals surface area contributed by atoms with Crippen molar-refractivity contribution in [3.63, 3.8) is 0 Å². The van der Waals surface area contributed by atoms with Gasteiger partial charge in [-0.05, 0) is 6.92 Å². The van der Waals surface area contributed by atoms with Gasteiger partial charge in [0, 0.05) is 6.08 Å². The van der Waals surface area contributed by atoms with Crippen LogP contribution in [-0.4, -0.2) is 30.9 Å². The molecule has 0 bridgehead atoms. The normalized spacial score (nSPS) is 11.2. The second kappa shape index (κ2) is 5.08. The topological polar surface area (TPSA) is 69.7 Å². The summed E-state index contributed by atoms with van der Waals surface area (Å²) in [5.74, 6) is -2.34. The Bertz CT molecular complexity index is 243. The highest BCUT2D eigenvalue weighted by Crippen LogP contribution is 1.98. The largest absolute Gasteiger partial charge is 0.466 e. The van der Waals surface area contributed by atoms with E-state index in [-0.39, 0.29) is 0 Å². The Morgan fingerprint density at radius 1 is 1.38 bits per heavy atom. The Labute approximate surface area is 75.3 Å². The van der Waals surface area contributed by atoms with Crippen LogP contribution in [0.5, 0.6) is 0 Å². The van der Waals surface area contributed by atoms with Gasteiger partial charge in [-0.15, -0.1) is 0 Å². The van der Waals surface area contributed by atoms with Crippen molar-refractivity contribution < 1.29 is 23.9 Å². The third-order valence-corrected chi connectivity index (χ3v) is 1.19. The van der Waals surface area contributed by atoms with E-state index < -0.39 is 23.8 Å². The fraction of sp³-hybridized carbons (Fsp3) is 0.375. The SMILES string of the molecule is C=CC(=O)OC(C(C)=O)C(=O)OC. The number of esters is 2. The molecule has 0 aliphatic carbocycles. The molecule has 1 atom stereocenters. The zero-order valence-corrected chi connectivity index (χ0v) is 7.40. The molecule has 13 heavy (non-hydrogen) atoms. The number of carbonyl (C=O) groups is 3. The molecule has 1 unspecified atom stereocenters. The minimum Gasteiger partial charge on any atom is -0.466 e. The van der Waals surface area contributed by atoms with Crippen molar-refractivity contribution in [3.05, 3.63) is 12.7 Å². The Balaban J connectivity index is 4.44. The summed E-state index contributed by atoms with van der Waals surface area (Å²) >= 11 is 0. The summed E-state index contributed by atoms with van der Waals surface area (Å²) in [5, 5.41) is 0. The number of methoxy groups -OCH3 is 1. The fourth-order valence-electron chi connectivity index (χ4n) is 0.568. The molecule has 0 radical (unpaired) electrons. The van der Waals surface area contributed by atoms with E-state index in [0.29, 0.717) is 0 Å². The van der Waals surface area contributed by atoms with E-state index in [1.165, 1.54) is 0 Å². The van der Waals surface area contributed by atoms with E-state index in [1.54, 1.807) is 0 Å². The molecule has 5 heteroatoms. The lowest BCUT2D eigenvalue weighted by atomic mass is 10.2. The molecule has 72 valence electrons. The molecule has 0 rings (SSSR count). The van der Waals surface area contributed by atoms with Crippen molar-refractivity contribution in [1.29, 1.82) is 0 Å². The average molecular weight is 186 g/mol. The summed E-state index contributed by atoms with van der Waals surface area (Å²) in [6, 6.07) is 0. The van der Waals surface area contributed by atoms with Gasteiger partial charge in [-0.25, -0.2) is 9.59 Å². The maximum atomic E-state index is 10.9. The van der Waals surface area contributed by atoms with Gasteiger partial charge in [-0.1, -0.05) is 6.58 Å². The quantitative estimate of drug-likeness (QED) is 0.347. The number of carbonyl (C=O) groups excluding carboxylic acids is 3. The first-order chi connectivity index (χ1) is 6.02. The number of rotatable bonds is 4. The summed E-state index contributed by atoms with van der Waals surface area (Å²) in [6.45, 7) is 4.24. The van der Waals surface area contributed by atoms with Crippen LogP contribution in [0.2, 0.25) is 0 Å². The van der Waals surface area contributed by atoms with Crippen molar-refractivity contribution in [2.75, 3.05) is 7.11 Å². The number of hydrogen-bond acceptors (Lipinski definition) is 5. The second-order valence-electron chi connectivity index (χ2n) is 2.15. The molecule has 0 saturated carbocycles. The van der Waals surface area contributed by atoms with Gasteiger partial charge in [-0.3, -0.25) is 4.79 Å². The van der Waals surface area contributed by atoms with E-state index in [4.69, 9.17) is 0 Å². The Morgan fingerprint density at radius 3 is 2.23 bits per heavy atom. The molecular weight excluding hydrogens is 176 g/mol. The monoisotopic (exact) mass is 186 g/mol. The van der Waals surface area contributed by atoms with Crippen LogP contribution >= 0.6 is 0 Å². The molecule has 5 nitrogen and oxygen atoms in total. The molecule has 0 aromatic carbocycles. The van der Waals surface area contributed by atoms with Crippen molar-refractivity contribution in [1.82, 2.24) is 0 Å². The second-order valence-corrected chi connectivity index (χ2v) is 2.15. The summed E-state index contributed by atoms with van der Waals surface area (Å²) in [6.07, 6.45) is -0.630. The zero-order chi connectivity index (χ0) is 10.4. The standard InChI is InChI=1S/C8H10O5/c1-4-6(10)13-7(5(2)9)8(11)12-3/h4,7H,1H2,2-3H3. The molecule has 0 heterocycles. The van der Waals surface area contributed by atoms with Crippen molar-refractivity contribution in [3.8, 4) is 0 Å². The molecule has 0 aliphatic rings. The molecule has 0 N–H and O–H groups in total. The zero-order valence-electron chi connectivity index (χ0n) is 7.40. The first-order valence-corrected chi connectivity index (χ1v) is 3.44. The fourth-order valence-corrected chi connectivity index (χ4v) is 0.568. The van der Waals surface area contributed by atoms with Crippen LogP contribution in [0.25, 0.3) is 0 Å². The molecule has 0 aromatic rings. The minimum absolute atomic E-state index is 0.595. The molecular formula is C8H10O5. The van der Waals surface area contributed by atoms with Crippen LogP contribution in [0.4, 0.5) is 0 Å². The van der Waals surface area contributed by atoms with Crippen LogP contribution in [0.15, 0.2) is 12.7 Å². The van der Waals surface area contributed by atoms with Crippen LogP contribution in [0.1, 0.15) is 6.92 Å². The molecule has 0 saturated heterocycles. The van der Waals surface area contributed by atoms with E-state index in [2.05, 4.69) is 16.1 Å². The van der Waals surface area contributed by atoms with Gasteiger partial charge >= 0.3 is 11.9 Å². The maximum absolute atomic E-state index is 10.9. The van der Waals surface area contributed by atoms with E-state index in [0.717, 1.165) is 20.1 Å². The summed E-state index contributed by atoms with van der Waals surface area (Å²) in [7, 11) is 1.10. The van der Waals surface area contributed by atoms with Gasteiger partial charge in [0.2, 0.25) is 0 Å². The van der Waals surface area contributed by atoms with Crippen molar-refractivity contribution >= 4 is 17.7 Å². The van der Waals surface area contributed by atoms with Gasteiger partial charge in [0.1, 0.15) is 0 Å². The molecule has 0 aliphatic heterocycles. The predicted molar refractivity (Wildman–Crippen MR) is 42.8 cm³/mol. The summed E-state index contributed by atoms with van der Waals surface area (Å²) in [5.41, 5.74) is 0. The molecule has 0 fully saturated rings. The van der Waals surface area contributed by atoms with Gasteiger partial charge in [0.25, 0.3) is 6.10 Å².